The first-order valence-corrected chi connectivity index (χ1v) is 23.7. The Hall–Kier alpha value is -9.17. The van der Waals surface area contributed by atoms with Crippen LogP contribution in [0.4, 0.5) is 17.1 Å². The first-order chi connectivity index (χ1) is 34.7. The molecule has 332 valence electrons. The Morgan fingerprint density at radius 3 is 1.84 bits per heavy atom. The van der Waals surface area contributed by atoms with Gasteiger partial charge in [-0.2, -0.15) is 0 Å². The lowest BCUT2D eigenvalue weighted by Crippen LogP contribution is -2.44. The maximum absolute atomic E-state index is 5.38. The fourth-order valence-corrected chi connectivity index (χ4v) is 10.2. The summed E-state index contributed by atoms with van der Waals surface area (Å²) < 4.78 is 2.34. The summed E-state index contributed by atoms with van der Waals surface area (Å²) in [4.78, 5) is 17.8. The number of aliphatic imine (C=N–C) groups is 1. The standard InChI is InChI=1S/C63H45N7/c1-4-20-42(21-5-1)46-38-47(40-48(39-46)63-67-61(43-22-6-2-7-23-43)66-62(68-63)44-24-8-3-9-25-44)45-26-18-27-49(41-45)69-55-33-13-10-28-50(55)59-51-29-11-14-34-56(51)70(60(59)52-30-12-15-35-57(52)69)58-36-19-32-54(65-58)53-31-16-17-37-64-53/h1-41,61-62,66H,(H,67,68). The van der Waals surface area contributed by atoms with Crippen molar-refractivity contribution >= 4 is 33.8 Å². The van der Waals surface area contributed by atoms with E-state index in [1.54, 1.807) is 0 Å². The van der Waals surface area contributed by atoms with Gasteiger partial charge in [0.1, 0.15) is 24.0 Å². The van der Waals surface area contributed by atoms with E-state index >= 15 is 0 Å². The van der Waals surface area contributed by atoms with Gasteiger partial charge in [-0.1, -0.05) is 170 Å². The van der Waals surface area contributed by atoms with Crippen LogP contribution in [0, 0.1) is 0 Å². The van der Waals surface area contributed by atoms with Gasteiger partial charge in [-0.05, 0) is 106 Å². The minimum atomic E-state index is -0.253. The Labute approximate surface area is 406 Å². The van der Waals surface area contributed by atoms with E-state index in [0.29, 0.717) is 0 Å². The summed E-state index contributed by atoms with van der Waals surface area (Å²) in [5.74, 6) is 1.66. The number of hydrogen-bond donors (Lipinski definition) is 2. The largest absolute Gasteiger partial charge is 0.350 e. The molecule has 70 heavy (non-hydrogen) atoms. The van der Waals surface area contributed by atoms with E-state index in [4.69, 9.17) is 9.98 Å². The molecule has 3 aromatic heterocycles. The first kappa shape index (κ1) is 41.1. The molecule has 0 bridgehead atoms. The van der Waals surface area contributed by atoms with Crippen LogP contribution in [0.3, 0.4) is 0 Å². The van der Waals surface area contributed by atoms with Crippen molar-refractivity contribution in [2.75, 3.05) is 4.90 Å². The highest BCUT2D eigenvalue weighted by Crippen LogP contribution is 2.54. The van der Waals surface area contributed by atoms with E-state index < -0.39 is 0 Å². The molecule has 0 saturated carbocycles. The van der Waals surface area contributed by atoms with Crippen LogP contribution >= 0.6 is 0 Å². The summed E-state index contributed by atoms with van der Waals surface area (Å²) in [5, 5.41) is 8.73. The average Bonchev–Trinajstić information content (AvgIpc) is 3.73. The van der Waals surface area contributed by atoms with Crippen molar-refractivity contribution in [1.29, 1.82) is 0 Å². The number of anilines is 3. The molecule has 11 aromatic rings. The lowest BCUT2D eigenvalue weighted by molar-refractivity contribution is 0.409. The van der Waals surface area contributed by atoms with Gasteiger partial charge >= 0.3 is 0 Å². The Kier molecular flexibility index (Phi) is 10.3. The normalized spacial score (nSPS) is 15.0. The first-order valence-electron chi connectivity index (χ1n) is 23.7. The van der Waals surface area contributed by atoms with E-state index in [1.807, 2.05) is 30.5 Å². The molecule has 8 aromatic carbocycles. The predicted octanol–water partition coefficient (Wildman–Crippen LogP) is 14.9. The molecule has 2 unspecified atom stereocenters. The van der Waals surface area contributed by atoms with Crippen molar-refractivity contribution in [2.24, 2.45) is 4.99 Å². The van der Waals surface area contributed by atoms with Gasteiger partial charge in [-0.25, -0.2) is 9.98 Å². The molecule has 2 aliphatic heterocycles. The highest BCUT2D eigenvalue weighted by molar-refractivity contribution is 6.13. The van der Waals surface area contributed by atoms with Gasteiger partial charge < -0.3 is 10.2 Å². The zero-order valence-electron chi connectivity index (χ0n) is 38.1. The number of benzene rings is 8. The lowest BCUT2D eigenvalue weighted by atomic mass is 9.94. The number of nitrogens with zero attached hydrogens (tertiary/aromatic N) is 5. The van der Waals surface area contributed by atoms with E-state index in [-0.39, 0.29) is 12.3 Å². The Balaban J connectivity index is 0.979. The molecule has 0 fully saturated rings. The SMILES string of the molecule is c1ccc(-c2cc(C3=NC(c4ccccc4)NC(c4ccccc4)N3)cc(-c3cccc(N4c5ccccc5-c5c(n(-c6cccc(-c7ccccn7)n6)c6ccccc56)-c5ccccc54)c3)c2)cc1. The number of fused-ring (bicyclic) bond motifs is 7. The molecular formula is C63H45N7. The summed E-state index contributed by atoms with van der Waals surface area (Å²) in [6, 6.07) is 86.0. The van der Waals surface area contributed by atoms with Crippen molar-refractivity contribution < 1.29 is 0 Å². The summed E-state index contributed by atoms with van der Waals surface area (Å²) >= 11 is 0. The van der Waals surface area contributed by atoms with E-state index in [9.17, 15) is 0 Å². The Morgan fingerprint density at radius 1 is 0.443 bits per heavy atom. The van der Waals surface area contributed by atoms with E-state index in [2.05, 4.69) is 243 Å². The van der Waals surface area contributed by atoms with Gasteiger partial charge in [0.05, 0.1) is 34.0 Å². The molecule has 7 nitrogen and oxygen atoms in total. The molecule has 7 heteroatoms. The van der Waals surface area contributed by atoms with Gasteiger partial charge in [0, 0.05) is 39.5 Å². The zero-order chi connectivity index (χ0) is 46.4. The van der Waals surface area contributed by atoms with Crippen LogP contribution in [0.5, 0.6) is 0 Å². The minimum absolute atomic E-state index is 0.159. The Bertz CT molecular complexity index is 3740. The van der Waals surface area contributed by atoms with Crippen molar-refractivity contribution in [3.63, 3.8) is 0 Å². The average molecular weight is 900 g/mol. The maximum atomic E-state index is 5.38. The molecule has 2 atom stereocenters. The highest BCUT2D eigenvalue weighted by atomic mass is 15.3. The maximum Gasteiger partial charge on any atom is 0.138 e. The predicted molar refractivity (Wildman–Crippen MR) is 285 cm³/mol. The number of para-hydroxylation sites is 3. The number of amidine groups is 1. The monoisotopic (exact) mass is 899 g/mol. The van der Waals surface area contributed by atoms with Crippen LogP contribution in [-0.2, 0) is 0 Å². The third kappa shape index (κ3) is 7.33. The molecule has 13 rings (SSSR count). The second kappa shape index (κ2) is 17.5. The summed E-state index contributed by atoms with van der Waals surface area (Å²) in [7, 11) is 0. The number of nitrogens with one attached hydrogen (secondary N) is 2. The van der Waals surface area contributed by atoms with Crippen molar-refractivity contribution in [3.05, 3.63) is 266 Å². The van der Waals surface area contributed by atoms with Gasteiger partial charge in [0.2, 0.25) is 0 Å². The molecule has 0 amide bonds. The molecule has 0 aliphatic carbocycles. The molecule has 0 spiro atoms. The number of pyridine rings is 2. The van der Waals surface area contributed by atoms with Gasteiger partial charge in [-0.3, -0.25) is 14.9 Å². The van der Waals surface area contributed by atoms with Crippen LogP contribution in [0.1, 0.15) is 29.0 Å². The lowest BCUT2D eigenvalue weighted by Gasteiger charge is -2.32. The fourth-order valence-electron chi connectivity index (χ4n) is 10.2. The van der Waals surface area contributed by atoms with Crippen LogP contribution < -0.4 is 15.5 Å². The second-order valence-corrected chi connectivity index (χ2v) is 17.7. The van der Waals surface area contributed by atoms with Crippen LogP contribution in [0.15, 0.2) is 254 Å². The molecule has 0 saturated heterocycles. The third-order valence-corrected chi connectivity index (χ3v) is 13.4. The van der Waals surface area contributed by atoms with Crippen molar-refractivity contribution in [1.82, 2.24) is 25.2 Å². The second-order valence-electron chi connectivity index (χ2n) is 17.7. The van der Waals surface area contributed by atoms with Crippen LogP contribution in [-0.4, -0.2) is 20.4 Å². The van der Waals surface area contributed by atoms with Gasteiger partial charge in [-0.15, -0.1) is 0 Å². The van der Waals surface area contributed by atoms with E-state index in [1.165, 1.54) is 5.56 Å². The van der Waals surface area contributed by atoms with Gasteiger partial charge in [0.25, 0.3) is 0 Å². The number of rotatable bonds is 8. The molecule has 2 N–H and O–H groups in total. The quantitative estimate of drug-likeness (QED) is 0.159. The smallest absolute Gasteiger partial charge is 0.138 e. The summed E-state index contributed by atoms with van der Waals surface area (Å²) in [6.07, 6.45) is 1.41. The number of aromatic nitrogens is 3. The topological polar surface area (TPSA) is 70.4 Å². The molecule has 2 aliphatic rings. The van der Waals surface area contributed by atoms with Crippen LogP contribution in [0.2, 0.25) is 0 Å². The molecular weight excluding hydrogens is 855 g/mol. The number of hydrogen-bond acceptors (Lipinski definition) is 6. The third-order valence-electron chi connectivity index (χ3n) is 13.4. The Morgan fingerprint density at radius 2 is 1.06 bits per heavy atom. The minimum Gasteiger partial charge on any atom is -0.350 e. The van der Waals surface area contributed by atoms with E-state index in [0.717, 1.165) is 107 Å². The summed E-state index contributed by atoms with van der Waals surface area (Å²) in [5.41, 5.74) is 18.1. The highest BCUT2D eigenvalue weighted by Gasteiger charge is 2.32. The van der Waals surface area contributed by atoms with Gasteiger partial charge in [0.15, 0.2) is 0 Å². The molecule has 5 heterocycles. The fraction of sp³-hybridized carbons (Fsp3) is 0.0317. The molecule has 0 radical (unpaired) electrons. The van der Waals surface area contributed by atoms with Crippen molar-refractivity contribution in [3.8, 4) is 61.8 Å². The summed E-state index contributed by atoms with van der Waals surface area (Å²) in [6.45, 7) is 0. The van der Waals surface area contributed by atoms with Crippen molar-refractivity contribution in [2.45, 2.75) is 12.3 Å². The zero-order valence-corrected chi connectivity index (χ0v) is 38.1. The van der Waals surface area contributed by atoms with Crippen LogP contribution in [0.25, 0.3) is 72.7 Å².